The van der Waals surface area contributed by atoms with Crippen molar-refractivity contribution in [1.82, 2.24) is 5.32 Å². The molecule has 1 rings (SSSR count). The van der Waals surface area contributed by atoms with E-state index >= 15 is 0 Å². The Morgan fingerprint density at radius 2 is 2.06 bits per heavy atom. The van der Waals surface area contributed by atoms with Gasteiger partial charge < -0.3 is 14.8 Å². The first-order chi connectivity index (χ1) is 8.74. The molecule has 0 aliphatic rings. The second-order valence-corrected chi connectivity index (χ2v) is 4.97. The monoisotopic (exact) mass is 315 g/mol. The molecule has 18 heavy (non-hydrogen) atoms. The molecule has 0 fully saturated rings. The standard InChI is InChI=1S/C14H22BrNO2/c1-3-17-9-4-7-16-8-10-18-14-11-13(15)6-5-12(14)2/h5-6,11,16H,3-4,7-10H2,1-2H3. The number of benzene rings is 1. The molecule has 1 aromatic rings. The number of hydrogen-bond donors (Lipinski definition) is 1. The number of aryl methyl sites for hydroxylation is 1. The fourth-order valence-corrected chi connectivity index (χ4v) is 1.87. The molecule has 0 unspecified atom stereocenters. The van der Waals surface area contributed by atoms with Crippen molar-refractivity contribution in [3.05, 3.63) is 28.2 Å². The van der Waals surface area contributed by atoms with Crippen molar-refractivity contribution >= 4 is 15.9 Å². The number of ether oxygens (including phenoxy) is 2. The number of halogens is 1. The predicted molar refractivity (Wildman–Crippen MR) is 78.4 cm³/mol. The van der Waals surface area contributed by atoms with Gasteiger partial charge in [0.1, 0.15) is 12.4 Å². The third-order valence-corrected chi connectivity index (χ3v) is 3.03. The largest absolute Gasteiger partial charge is 0.492 e. The van der Waals surface area contributed by atoms with Gasteiger partial charge in [0.05, 0.1) is 0 Å². The maximum Gasteiger partial charge on any atom is 0.123 e. The van der Waals surface area contributed by atoms with Gasteiger partial charge in [0.2, 0.25) is 0 Å². The van der Waals surface area contributed by atoms with Crippen molar-refractivity contribution < 1.29 is 9.47 Å². The Morgan fingerprint density at radius 3 is 2.83 bits per heavy atom. The molecule has 0 aliphatic heterocycles. The van der Waals surface area contributed by atoms with Crippen LogP contribution in [0.1, 0.15) is 18.9 Å². The summed E-state index contributed by atoms with van der Waals surface area (Å²) >= 11 is 3.44. The van der Waals surface area contributed by atoms with Crippen LogP contribution < -0.4 is 10.1 Å². The van der Waals surface area contributed by atoms with Crippen LogP contribution in [0.3, 0.4) is 0 Å². The van der Waals surface area contributed by atoms with Crippen LogP contribution in [0.4, 0.5) is 0 Å². The van der Waals surface area contributed by atoms with E-state index in [9.17, 15) is 0 Å². The summed E-state index contributed by atoms with van der Waals surface area (Å²) in [6.45, 7) is 8.21. The Morgan fingerprint density at radius 1 is 1.22 bits per heavy atom. The van der Waals surface area contributed by atoms with Gasteiger partial charge in [0.25, 0.3) is 0 Å². The molecule has 0 aliphatic carbocycles. The summed E-state index contributed by atoms with van der Waals surface area (Å²) in [5.41, 5.74) is 1.16. The Bertz CT molecular complexity index is 345. The lowest BCUT2D eigenvalue weighted by Crippen LogP contribution is -2.23. The summed E-state index contributed by atoms with van der Waals surface area (Å²) in [6.07, 6.45) is 1.05. The fourth-order valence-electron chi connectivity index (χ4n) is 1.53. The van der Waals surface area contributed by atoms with Crippen molar-refractivity contribution in [2.75, 3.05) is 32.9 Å². The molecule has 1 N–H and O–H groups in total. The van der Waals surface area contributed by atoms with Gasteiger partial charge in [-0.25, -0.2) is 0 Å². The highest BCUT2D eigenvalue weighted by molar-refractivity contribution is 9.10. The maximum atomic E-state index is 5.72. The molecule has 0 amide bonds. The Hall–Kier alpha value is -0.580. The van der Waals surface area contributed by atoms with Crippen molar-refractivity contribution in [1.29, 1.82) is 0 Å². The van der Waals surface area contributed by atoms with Crippen LogP contribution in [0.15, 0.2) is 22.7 Å². The predicted octanol–water partition coefficient (Wildman–Crippen LogP) is 3.15. The zero-order valence-corrected chi connectivity index (χ0v) is 12.8. The smallest absolute Gasteiger partial charge is 0.123 e. The normalized spacial score (nSPS) is 10.6. The molecule has 0 saturated heterocycles. The molecule has 0 atom stereocenters. The third-order valence-electron chi connectivity index (χ3n) is 2.53. The minimum Gasteiger partial charge on any atom is -0.492 e. The quantitative estimate of drug-likeness (QED) is 0.710. The molecule has 0 saturated carbocycles. The lowest BCUT2D eigenvalue weighted by molar-refractivity contribution is 0.144. The number of hydrogen-bond acceptors (Lipinski definition) is 3. The maximum absolute atomic E-state index is 5.72. The first-order valence-corrected chi connectivity index (χ1v) is 7.20. The third kappa shape index (κ3) is 6.38. The van der Waals surface area contributed by atoms with Gasteiger partial charge in [-0.05, 0) is 44.5 Å². The van der Waals surface area contributed by atoms with Crippen molar-refractivity contribution in [3.8, 4) is 5.75 Å². The van der Waals surface area contributed by atoms with Gasteiger partial charge in [-0.1, -0.05) is 22.0 Å². The fraction of sp³-hybridized carbons (Fsp3) is 0.571. The van der Waals surface area contributed by atoms with E-state index in [2.05, 4.69) is 34.2 Å². The molecule has 1 aromatic carbocycles. The van der Waals surface area contributed by atoms with Crippen LogP contribution in [0.5, 0.6) is 5.75 Å². The Labute approximate surface area is 118 Å². The molecule has 0 radical (unpaired) electrons. The number of rotatable bonds is 9. The van der Waals surface area contributed by atoms with Crippen LogP contribution in [-0.2, 0) is 4.74 Å². The highest BCUT2D eigenvalue weighted by atomic mass is 79.9. The van der Waals surface area contributed by atoms with E-state index in [0.717, 1.165) is 48.5 Å². The van der Waals surface area contributed by atoms with Crippen molar-refractivity contribution in [3.63, 3.8) is 0 Å². The topological polar surface area (TPSA) is 30.5 Å². The van der Waals surface area contributed by atoms with E-state index in [4.69, 9.17) is 9.47 Å². The van der Waals surface area contributed by atoms with Crippen LogP contribution >= 0.6 is 15.9 Å². The highest BCUT2D eigenvalue weighted by Crippen LogP contribution is 2.22. The van der Waals surface area contributed by atoms with E-state index < -0.39 is 0 Å². The van der Waals surface area contributed by atoms with Crippen LogP contribution in [0, 0.1) is 6.92 Å². The lowest BCUT2D eigenvalue weighted by Gasteiger charge is -2.10. The van der Waals surface area contributed by atoms with E-state index in [1.165, 1.54) is 0 Å². The molecule has 102 valence electrons. The van der Waals surface area contributed by atoms with Gasteiger partial charge in [-0.2, -0.15) is 0 Å². The second-order valence-electron chi connectivity index (χ2n) is 4.06. The molecule has 4 heteroatoms. The summed E-state index contributed by atoms with van der Waals surface area (Å²) in [5.74, 6) is 0.945. The zero-order chi connectivity index (χ0) is 13.2. The van der Waals surface area contributed by atoms with E-state index in [1.807, 2.05) is 19.1 Å². The first kappa shape index (κ1) is 15.5. The minimum atomic E-state index is 0.686. The van der Waals surface area contributed by atoms with Crippen LogP contribution in [-0.4, -0.2) is 32.9 Å². The van der Waals surface area contributed by atoms with Crippen LogP contribution in [0.2, 0.25) is 0 Å². The lowest BCUT2D eigenvalue weighted by atomic mass is 10.2. The summed E-state index contributed by atoms with van der Waals surface area (Å²) < 4.78 is 12.0. The summed E-state index contributed by atoms with van der Waals surface area (Å²) in [7, 11) is 0. The summed E-state index contributed by atoms with van der Waals surface area (Å²) in [6, 6.07) is 6.08. The summed E-state index contributed by atoms with van der Waals surface area (Å²) in [4.78, 5) is 0. The van der Waals surface area contributed by atoms with Gasteiger partial charge in [0, 0.05) is 24.2 Å². The van der Waals surface area contributed by atoms with Gasteiger partial charge in [-0.15, -0.1) is 0 Å². The van der Waals surface area contributed by atoms with Gasteiger partial charge >= 0.3 is 0 Å². The Balaban J connectivity index is 2.09. The van der Waals surface area contributed by atoms with Gasteiger partial charge in [-0.3, -0.25) is 0 Å². The average molecular weight is 316 g/mol. The molecule has 0 aromatic heterocycles. The molecule has 0 bridgehead atoms. The SMILES string of the molecule is CCOCCCNCCOc1cc(Br)ccc1C. The van der Waals surface area contributed by atoms with E-state index in [0.29, 0.717) is 6.61 Å². The highest BCUT2D eigenvalue weighted by Gasteiger charge is 1.99. The second kappa shape index (κ2) is 9.36. The molecule has 0 heterocycles. The molecule has 3 nitrogen and oxygen atoms in total. The average Bonchev–Trinajstić information content (AvgIpc) is 2.36. The van der Waals surface area contributed by atoms with Crippen molar-refractivity contribution in [2.45, 2.75) is 20.3 Å². The van der Waals surface area contributed by atoms with Crippen LogP contribution in [0.25, 0.3) is 0 Å². The molecular weight excluding hydrogens is 294 g/mol. The number of nitrogens with one attached hydrogen (secondary N) is 1. The minimum absolute atomic E-state index is 0.686. The molecular formula is C14H22BrNO2. The Kier molecular flexibility index (Phi) is 8.05. The molecule has 0 spiro atoms. The van der Waals surface area contributed by atoms with Crippen molar-refractivity contribution in [2.24, 2.45) is 0 Å². The zero-order valence-electron chi connectivity index (χ0n) is 11.2. The first-order valence-electron chi connectivity index (χ1n) is 6.41. The van der Waals surface area contributed by atoms with E-state index in [-0.39, 0.29) is 0 Å². The summed E-state index contributed by atoms with van der Waals surface area (Å²) in [5, 5.41) is 3.33. The van der Waals surface area contributed by atoms with Gasteiger partial charge in [0.15, 0.2) is 0 Å². The van der Waals surface area contributed by atoms with E-state index in [1.54, 1.807) is 0 Å².